The molecule has 7 nitrogen and oxygen atoms in total. The summed E-state index contributed by atoms with van der Waals surface area (Å²) < 4.78 is 2.27. The van der Waals surface area contributed by atoms with Crippen molar-refractivity contribution in [3.63, 3.8) is 0 Å². The fourth-order valence-corrected chi connectivity index (χ4v) is 3.86. The van der Waals surface area contributed by atoms with E-state index in [1.54, 1.807) is 24.3 Å². The summed E-state index contributed by atoms with van der Waals surface area (Å²) in [5.41, 5.74) is 4.29. The highest BCUT2D eigenvalue weighted by atomic mass is 16.2. The largest absolute Gasteiger partial charge is 0.345 e. The Bertz CT molecular complexity index is 942. The lowest BCUT2D eigenvalue weighted by molar-refractivity contribution is -0.881. The molecule has 1 fully saturated rings. The molecule has 1 aliphatic rings. The molecule has 1 atom stereocenters. The van der Waals surface area contributed by atoms with E-state index in [4.69, 9.17) is 0 Å². The van der Waals surface area contributed by atoms with Crippen molar-refractivity contribution >= 4 is 29.0 Å². The number of rotatable bonds is 9. The summed E-state index contributed by atoms with van der Waals surface area (Å²) in [4.78, 5) is 37.4. The molecule has 2 amide bonds. The predicted molar refractivity (Wildman–Crippen MR) is 117 cm³/mol. The zero-order chi connectivity index (χ0) is 21.8. The van der Waals surface area contributed by atoms with Gasteiger partial charge >= 0.3 is 0 Å². The summed E-state index contributed by atoms with van der Waals surface area (Å²) in [6, 6.07) is 9.49. The second-order valence-corrected chi connectivity index (χ2v) is 8.07. The Morgan fingerprint density at radius 1 is 1.03 bits per heavy atom. The van der Waals surface area contributed by atoms with Crippen LogP contribution in [0.4, 0.5) is 11.4 Å². The minimum Gasteiger partial charge on any atom is -0.345 e. The van der Waals surface area contributed by atoms with Gasteiger partial charge in [0.1, 0.15) is 6.54 Å². The maximum atomic E-state index is 12.9. The fourth-order valence-electron chi connectivity index (χ4n) is 3.86. The Labute approximate surface area is 177 Å². The number of ketones is 1. The summed E-state index contributed by atoms with van der Waals surface area (Å²) in [6.07, 6.45) is 2.37. The van der Waals surface area contributed by atoms with Gasteiger partial charge in [0.2, 0.25) is 11.7 Å². The van der Waals surface area contributed by atoms with Crippen LogP contribution in [0.3, 0.4) is 0 Å². The number of aromatic nitrogens is 1. The number of quaternary nitrogens is 1. The van der Waals surface area contributed by atoms with Gasteiger partial charge in [0.05, 0.1) is 6.54 Å². The molecule has 2 aromatic rings. The molecule has 7 heteroatoms. The van der Waals surface area contributed by atoms with E-state index >= 15 is 0 Å². The number of nitrogens with zero attached hydrogens (tertiary/aromatic N) is 1. The number of aryl methyl sites for hydroxylation is 1. The van der Waals surface area contributed by atoms with Gasteiger partial charge in [-0.05, 0) is 63.9 Å². The molecule has 0 aliphatic heterocycles. The molecule has 3 rings (SSSR count). The lowest BCUT2D eigenvalue weighted by Crippen LogP contribution is -3.13. The summed E-state index contributed by atoms with van der Waals surface area (Å²) in [6.45, 7) is 8.69. The smallest absolute Gasteiger partial charge is 0.279 e. The fraction of sp³-hybridized carbons (Fsp3) is 0.435. The van der Waals surface area contributed by atoms with Crippen molar-refractivity contribution in [1.29, 1.82) is 0 Å². The number of carbonyl (C=O) groups excluding carboxylic acids is 3. The van der Waals surface area contributed by atoms with Gasteiger partial charge in [-0.1, -0.05) is 0 Å². The van der Waals surface area contributed by atoms with E-state index in [2.05, 4.69) is 22.1 Å². The summed E-state index contributed by atoms with van der Waals surface area (Å²) in [7, 11) is 0. The molecule has 1 heterocycles. The van der Waals surface area contributed by atoms with E-state index in [0.717, 1.165) is 21.9 Å². The summed E-state index contributed by atoms with van der Waals surface area (Å²) in [5, 5.41) is 5.55. The Morgan fingerprint density at radius 3 is 2.17 bits per heavy atom. The molecule has 160 valence electrons. The van der Waals surface area contributed by atoms with Gasteiger partial charge in [-0.15, -0.1) is 0 Å². The molecular formula is C23H31N4O3+. The molecule has 1 aromatic heterocycles. The van der Waals surface area contributed by atoms with E-state index in [1.165, 1.54) is 19.8 Å². The number of Topliss-reactive ketones (excluding diaryl/α,β-unsaturated/α-hetero) is 1. The third-order valence-electron chi connectivity index (χ3n) is 5.51. The first-order valence-electron chi connectivity index (χ1n) is 10.5. The Morgan fingerprint density at radius 2 is 1.63 bits per heavy atom. The average molecular weight is 412 g/mol. The van der Waals surface area contributed by atoms with Gasteiger partial charge in [-0.3, -0.25) is 14.4 Å². The van der Waals surface area contributed by atoms with Crippen LogP contribution in [0.5, 0.6) is 0 Å². The third kappa shape index (κ3) is 5.36. The van der Waals surface area contributed by atoms with Gasteiger partial charge in [0.25, 0.3) is 5.91 Å². The van der Waals surface area contributed by atoms with Crippen molar-refractivity contribution in [2.45, 2.75) is 46.6 Å². The molecular weight excluding hydrogens is 380 g/mol. The van der Waals surface area contributed by atoms with Crippen molar-refractivity contribution in [2.24, 2.45) is 0 Å². The quantitative estimate of drug-likeness (QED) is 0.553. The van der Waals surface area contributed by atoms with Crippen LogP contribution in [0, 0.1) is 13.8 Å². The first-order valence-corrected chi connectivity index (χ1v) is 10.5. The number of nitrogens with one attached hydrogen (secondary N) is 3. The summed E-state index contributed by atoms with van der Waals surface area (Å²) >= 11 is 0. The van der Waals surface area contributed by atoms with Crippen LogP contribution in [0.2, 0.25) is 0 Å². The number of anilines is 2. The molecule has 1 unspecified atom stereocenters. The Hall–Kier alpha value is -2.93. The van der Waals surface area contributed by atoms with Crippen LogP contribution < -0.4 is 15.5 Å². The average Bonchev–Trinajstić information content (AvgIpc) is 3.46. The van der Waals surface area contributed by atoms with Crippen molar-refractivity contribution < 1.29 is 19.3 Å². The molecule has 1 saturated carbocycles. The molecule has 1 aromatic carbocycles. The zero-order valence-electron chi connectivity index (χ0n) is 18.2. The normalized spacial score (nSPS) is 14.3. The summed E-state index contributed by atoms with van der Waals surface area (Å²) in [5.74, 6) is -0.203. The Kier molecular flexibility index (Phi) is 6.72. The van der Waals surface area contributed by atoms with E-state index in [1.807, 2.05) is 19.9 Å². The molecule has 0 saturated heterocycles. The molecule has 0 spiro atoms. The number of benzene rings is 1. The van der Waals surface area contributed by atoms with Gasteiger partial charge in [0.15, 0.2) is 6.54 Å². The molecule has 0 bridgehead atoms. The standard InChI is InChI=1S/C23H30N4O3/c1-5-26(13-22(29)21-12-15(2)27(16(21)3)20-10-11-20)14-23(30)25-19-8-6-18(7-9-19)24-17(4)28/h6-9,12,20H,5,10-11,13-14H2,1-4H3,(H,24,28)(H,25,30)/p+1. The van der Waals surface area contributed by atoms with Gasteiger partial charge in [0, 0.05) is 41.3 Å². The Balaban J connectivity index is 1.57. The second kappa shape index (κ2) is 9.26. The number of carbonyl (C=O) groups is 3. The van der Waals surface area contributed by atoms with Crippen LogP contribution >= 0.6 is 0 Å². The topological polar surface area (TPSA) is 84.6 Å². The lowest BCUT2D eigenvalue weighted by Gasteiger charge is -2.17. The maximum Gasteiger partial charge on any atom is 0.279 e. The van der Waals surface area contributed by atoms with Crippen molar-refractivity contribution in [3.8, 4) is 0 Å². The lowest BCUT2D eigenvalue weighted by atomic mass is 10.1. The number of likely N-dealkylation sites (N-methyl/N-ethyl adjacent to an activating group) is 1. The highest BCUT2D eigenvalue weighted by molar-refractivity contribution is 5.98. The van der Waals surface area contributed by atoms with Crippen LogP contribution in [-0.4, -0.2) is 41.8 Å². The van der Waals surface area contributed by atoms with Gasteiger partial charge in [-0.2, -0.15) is 0 Å². The van der Waals surface area contributed by atoms with E-state index in [0.29, 0.717) is 30.5 Å². The third-order valence-corrected chi connectivity index (χ3v) is 5.51. The van der Waals surface area contributed by atoms with Crippen molar-refractivity contribution in [1.82, 2.24) is 4.57 Å². The monoisotopic (exact) mass is 411 g/mol. The minimum absolute atomic E-state index is 0.0827. The van der Waals surface area contributed by atoms with E-state index in [-0.39, 0.29) is 24.1 Å². The first-order chi connectivity index (χ1) is 14.3. The van der Waals surface area contributed by atoms with Crippen LogP contribution in [0.15, 0.2) is 30.3 Å². The SMILES string of the molecule is CC[NH+](CC(=O)Nc1ccc(NC(C)=O)cc1)CC(=O)c1cc(C)n(C2CC2)c1C. The molecule has 3 N–H and O–H groups in total. The zero-order valence-corrected chi connectivity index (χ0v) is 18.2. The number of hydrogen-bond donors (Lipinski definition) is 3. The minimum atomic E-state index is -0.143. The van der Waals surface area contributed by atoms with E-state index in [9.17, 15) is 14.4 Å². The number of hydrogen-bond acceptors (Lipinski definition) is 3. The van der Waals surface area contributed by atoms with Crippen LogP contribution in [0.25, 0.3) is 0 Å². The van der Waals surface area contributed by atoms with Crippen molar-refractivity contribution in [2.75, 3.05) is 30.3 Å². The van der Waals surface area contributed by atoms with Gasteiger partial charge in [-0.25, -0.2) is 0 Å². The van der Waals surface area contributed by atoms with E-state index < -0.39 is 0 Å². The van der Waals surface area contributed by atoms with Gasteiger partial charge < -0.3 is 20.1 Å². The first kappa shape index (κ1) is 21.8. The second-order valence-electron chi connectivity index (χ2n) is 8.07. The van der Waals surface area contributed by atoms with Crippen molar-refractivity contribution in [3.05, 3.63) is 47.3 Å². The maximum absolute atomic E-state index is 12.9. The predicted octanol–water partition coefficient (Wildman–Crippen LogP) is 2.12. The molecule has 1 aliphatic carbocycles. The van der Waals surface area contributed by atoms with Crippen LogP contribution in [0.1, 0.15) is 54.5 Å². The highest BCUT2D eigenvalue weighted by Gasteiger charge is 2.29. The number of amides is 2. The van der Waals surface area contributed by atoms with Crippen LogP contribution in [-0.2, 0) is 9.59 Å². The molecule has 0 radical (unpaired) electrons. The highest BCUT2D eigenvalue weighted by Crippen LogP contribution is 2.38. The molecule has 30 heavy (non-hydrogen) atoms.